The first-order valence-corrected chi connectivity index (χ1v) is 15.3. The van der Waals surface area contributed by atoms with Crippen molar-refractivity contribution < 1.29 is 33.4 Å². The molecule has 2 amide bonds. The summed E-state index contributed by atoms with van der Waals surface area (Å²) in [7, 11) is 2.90. The van der Waals surface area contributed by atoms with Gasteiger partial charge in [0.25, 0.3) is 0 Å². The van der Waals surface area contributed by atoms with Crippen molar-refractivity contribution in [3.8, 4) is 17.2 Å². The van der Waals surface area contributed by atoms with Crippen LogP contribution in [0.1, 0.15) is 34.0 Å². The molecule has 0 saturated carbocycles. The minimum absolute atomic E-state index is 0.0768. The van der Waals surface area contributed by atoms with Crippen LogP contribution in [-0.2, 0) is 19.9 Å². The van der Waals surface area contributed by atoms with Crippen molar-refractivity contribution >= 4 is 40.5 Å². The highest BCUT2D eigenvalue weighted by molar-refractivity contribution is 8.13. The van der Waals surface area contributed by atoms with Crippen molar-refractivity contribution in [1.82, 2.24) is 15.5 Å². The number of hydrogen-bond acceptors (Lipinski definition) is 10. The Morgan fingerprint density at radius 1 is 1.05 bits per heavy atom. The van der Waals surface area contributed by atoms with E-state index in [1.807, 2.05) is 30.3 Å². The number of likely N-dealkylation sites (N-methyl/N-ethyl adjacent to an activating group) is 2. The zero-order chi connectivity index (χ0) is 31.0. The van der Waals surface area contributed by atoms with Crippen molar-refractivity contribution in [2.24, 2.45) is 0 Å². The zero-order valence-electron chi connectivity index (χ0n) is 24.5. The van der Waals surface area contributed by atoms with Crippen LogP contribution in [0.2, 0.25) is 0 Å². The summed E-state index contributed by atoms with van der Waals surface area (Å²) in [6.07, 6.45) is -0.785. The third-order valence-corrected chi connectivity index (χ3v) is 8.99. The molecule has 6 rings (SSSR count). The van der Waals surface area contributed by atoms with Gasteiger partial charge in [-0.2, -0.15) is 0 Å². The Hall–Kier alpha value is -4.55. The quantitative estimate of drug-likeness (QED) is 0.398. The highest BCUT2D eigenvalue weighted by Gasteiger charge is 2.53. The number of amides is 2. The molecule has 11 nitrogen and oxygen atoms in total. The number of piperazine rings is 1. The first kappa shape index (κ1) is 29.5. The Morgan fingerprint density at radius 2 is 1.75 bits per heavy atom. The maximum absolute atomic E-state index is 13.2. The SMILES string of the molecule is CNC(=O)[C@H](CSC(C)=O)N(C)C(=O)Oc1ccc2c(c1)Oc1cc(N3CCNCC3)ccc1C21OC(=O)c2ccccc21. The first-order valence-electron chi connectivity index (χ1n) is 14.3. The number of carbonyl (C=O) groups excluding carboxylic acids is 4. The smallest absolute Gasteiger partial charge is 0.415 e. The van der Waals surface area contributed by atoms with Crippen LogP contribution in [0.4, 0.5) is 10.5 Å². The number of nitrogens with one attached hydrogen (secondary N) is 2. The van der Waals surface area contributed by atoms with Gasteiger partial charge in [-0.25, -0.2) is 9.59 Å². The lowest BCUT2D eigenvalue weighted by Gasteiger charge is -2.37. The van der Waals surface area contributed by atoms with Gasteiger partial charge in [0, 0.05) is 87.5 Å². The van der Waals surface area contributed by atoms with Crippen LogP contribution in [-0.4, -0.2) is 80.1 Å². The fourth-order valence-corrected chi connectivity index (χ4v) is 6.62. The van der Waals surface area contributed by atoms with E-state index in [1.165, 1.54) is 21.0 Å². The molecule has 3 aromatic carbocycles. The summed E-state index contributed by atoms with van der Waals surface area (Å²) >= 11 is 0.946. The molecule has 0 aliphatic carbocycles. The van der Waals surface area contributed by atoms with E-state index in [0.29, 0.717) is 33.8 Å². The summed E-state index contributed by atoms with van der Waals surface area (Å²) in [5.41, 5.74) is 2.18. The van der Waals surface area contributed by atoms with E-state index >= 15 is 0 Å². The first-order chi connectivity index (χ1) is 21.2. The van der Waals surface area contributed by atoms with Gasteiger partial charge in [-0.3, -0.25) is 14.5 Å². The van der Waals surface area contributed by atoms with Gasteiger partial charge in [0.15, 0.2) is 10.7 Å². The van der Waals surface area contributed by atoms with Crippen molar-refractivity contribution in [3.63, 3.8) is 0 Å². The van der Waals surface area contributed by atoms with Crippen LogP contribution in [0.25, 0.3) is 0 Å². The van der Waals surface area contributed by atoms with Crippen molar-refractivity contribution in [3.05, 3.63) is 82.9 Å². The molecule has 1 spiro atoms. The van der Waals surface area contributed by atoms with E-state index in [9.17, 15) is 19.2 Å². The predicted octanol–water partition coefficient (Wildman–Crippen LogP) is 3.49. The summed E-state index contributed by atoms with van der Waals surface area (Å²) in [6, 6.07) is 17.2. The van der Waals surface area contributed by atoms with Gasteiger partial charge in [0.05, 0.1) is 5.56 Å². The number of nitrogens with zero attached hydrogens (tertiary/aromatic N) is 2. The Bertz CT molecular complexity index is 1660. The predicted molar refractivity (Wildman–Crippen MR) is 165 cm³/mol. The summed E-state index contributed by atoms with van der Waals surface area (Å²) in [6.45, 7) is 4.82. The van der Waals surface area contributed by atoms with E-state index in [0.717, 1.165) is 48.5 Å². The maximum Gasteiger partial charge on any atom is 0.415 e. The number of rotatable bonds is 6. The molecule has 1 fully saturated rings. The van der Waals surface area contributed by atoms with Gasteiger partial charge in [-0.1, -0.05) is 30.0 Å². The monoisotopic (exact) mass is 616 g/mol. The second-order valence-corrected chi connectivity index (χ2v) is 11.9. The summed E-state index contributed by atoms with van der Waals surface area (Å²) in [5.74, 6) is 0.277. The fourth-order valence-electron chi connectivity index (χ4n) is 5.85. The number of ether oxygens (including phenoxy) is 3. The molecule has 0 aromatic heterocycles. The van der Waals surface area contributed by atoms with Gasteiger partial charge in [-0.05, 0) is 30.3 Å². The van der Waals surface area contributed by atoms with E-state index in [4.69, 9.17) is 14.2 Å². The highest BCUT2D eigenvalue weighted by atomic mass is 32.2. The Balaban J connectivity index is 1.37. The maximum atomic E-state index is 13.2. The standard InChI is InChI=1S/C32H32N4O7S/c1-19(37)44-18-26(29(38)33-2)35(3)31(40)41-21-9-11-25-28(17-21)42-27-16-20(36-14-12-34-13-15-36)8-10-24(27)32(25)23-7-5-4-6-22(23)30(39)43-32/h4-11,16-17,26,34H,12-15,18H2,1-3H3,(H,33,38)/t26-,32?/m0/s1. The van der Waals surface area contributed by atoms with Gasteiger partial charge in [0.1, 0.15) is 23.3 Å². The molecule has 0 bridgehead atoms. The van der Waals surface area contributed by atoms with Crippen LogP contribution < -0.4 is 25.0 Å². The summed E-state index contributed by atoms with van der Waals surface area (Å²) in [5, 5.41) is 5.71. The summed E-state index contributed by atoms with van der Waals surface area (Å²) < 4.78 is 18.4. The molecule has 2 atom stereocenters. The molecule has 228 valence electrons. The molecule has 3 heterocycles. The molecule has 2 N–H and O–H groups in total. The molecule has 12 heteroatoms. The largest absolute Gasteiger partial charge is 0.456 e. The van der Waals surface area contributed by atoms with Crippen LogP contribution in [0.15, 0.2) is 60.7 Å². The molecule has 3 aliphatic rings. The number of benzene rings is 3. The van der Waals surface area contributed by atoms with Gasteiger partial charge < -0.3 is 29.7 Å². The molecule has 1 unspecified atom stereocenters. The van der Waals surface area contributed by atoms with Crippen LogP contribution in [0.5, 0.6) is 17.2 Å². The van der Waals surface area contributed by atoms with Gasteiger partial charge in [0.2, 0.25) is 5.91 Å². The van der Waals surface area contributed by atoms with E-state index in [1.54, 1.807) is 30.3 Å². The van der Waals surface area contributed by atoms with E-state index in [-0.39, 0.29) is 16.6 Å². The number of fused-ring (bicyclic) bond motifs is 6. The number of esters is 1. The lowest BCUT2D eigenvalue weighted by Crippen LogP contribution is -2.49. The van der Waals surface area contributed by atoms with Crippen LogP contribution >= 0.6 is 11.8 Å². The van der Waals surface area contributed by atoms with E-state index < -0.39 is 29.6 Å². The Kier molecular flexibility index (Phi) is 7.95. The number of anilines is 1. The number of carbonyl (C=O) groups is 4. The lowest BCUT2D eigenvalue weighted by atomic mass is 9.77. The van der Waals surface area contributed by atoms with Gasteiger partial charge in [-0.15, -0.1) is 0 Å². The molecule has 3 aromatic rings. The summed E-state index contributed by atoms with van der Waals surface area (Å²) in [4.78, 5) is 53.8. The normalized spacial score (nSPS) is 18.7. The second kappa shape index (κ2) is 11.9. The minimum atomic E-state index is -1.26. The van der Waals surface area contributed by atoms with Gasteiger partial charge >= 0.3 is 12.1 Å². The fraction of sp³-hybridized carbons (Fsp3) is 0.312. The Labute approximate surface area is 258 Å². The zero-order valence-corrected chi connectivity index (χ0v) is 25.4. The van der Waals surface area contributed by atoms with Crippen LogP contribution in [0, 0.1) is 0 Å². The second-order valence-electron chi connectivity index (χ2n) is 10.7. The van der Waals surface area contributed by atoms with Crippen molar-refractivity contribution in [2.45, 2.75) is 18.6 Å². The van der Waals surface area contributed by atoms with Crippen molar-refractivity contribution in [1.29, 1.82) is 0 Å². The molecule has 3 aliphatic heterocycles. The van der Waals surface area contributed by atoms with Crippen molar-refractivity contribution in [2.75, 3.05) is 50.9 Å². The molecule has 0 radical (unpaired) electrons. The third kappa shape index (κ3) is 5.13. The number of hydrogen-bond donors (Lipinski definition) is 2. The molecular formula is C32H32N4O7S. The topological polar surface area (TPSA) is 127 Å². The molecule has 1 saturated heterocycles. The number of thioether (sulfide) groups is 1. The minimum Gasteiger partial charge on any atom is -0.456 e. The highest BCUT2D eigenvalue weighted by Crippen LogP contribution is 2.57. The molecular weight excluding hydrogens is 584 g/mol. The average molecular weight is 617 g/mol. The van der Waals surface area contributed by atoms with E-state index in [2.05, 4.69) is 15.5 Å². The lowest BCUT2D eigenvalue weighted by molar-refractivity contribution is -0.124. The average Bonchev–Trinajstić information content (AvgIpc) is 3.33. The Morgan fingerprint density at radius 3 is 2.48 bits per heavy atom. The van der Waals surface area contributed by atoms with Crippen LogP contribution in [0.3, 0.4) is 0 Å². The third-order valence-electron chi connectivity index (χ3n) is 8.11. The molecule has 44 heavy (non-hydrogen) atoms.